The van der Waals surface area contributed by atoms with Gasteiger partial charge in [0.25, 0.3) is 5.91 Å². The largest absolute Gasteiger partial charge is 0.349 e. The van der Waals surface area contributed by atoms with E-state index in [2.05, 4.69) is 20.2 Å². The number of rotatable bonds is 5. The van der Waals surface area contributed by atoms with Crippen LogP contribution in [0.2, 0.25) is 0 Å². The molecule has 8 nitrogen and oxygen atoms in total. The summed E-state index contributed by atoms with van der Waals surface area (Å²) in [5, 5.41) is 3.04. The number of sulfonamides is 1. The third-order valence-corrected chi connectivity index (χ3v) is 7.36. The van der Waals surface area contributed by atoms with Crippen LogP contribution in [-0.4, -0.2) is 60.8 Å². The van der Waals surface area contributed by atoms with Crippen molar-refractivity contribution in [1.82, 2.24) is 19.6 Å². The van der Waals surface area contributed by atoms with Crippen molar-refractivity contribution in [2.45, 2.75) is 36.6 Å². The topological polar surface area (TPSA) is 95.5 Å². The number of hydrogen-bond acceptors (Lipinski definition) is 6. The monoisotopic (exact) mass is 415 g/mol. The van der Waals surface area contributed by atoms with Crippen LogP contribution in [0.25, 0.3) is 0 Å². The summed E-state index contributed by atoms with van der Waals surface area (Å²) in [4.78, 5) is 23.5. The van der Waals surface area contributed by atoms with E-state index in [1.165, 1.54) is 10.4 Å². The molecule has 0 bridgehead atoms. The Labute approximate surface area is 171 Å². The zero-order valence-corrected chi connectivity index (χ0v) is 17.0. The highest BCUT2D eigenvalue weighted by molar-refractivity contribution is 7.89. The van der Waals surface area contributed by atoms with Crippen LogP contribution in [0.15, 0.2) is 47.6 Å². The molecule has 2 aliphatic heterocycles. The maximum atomic E-state index is 12.7. The average Bonchev–Trinajstić information content (AvgIpc) is 3.31. The molecule has 29 heavy (non-hydrogen) atoms. The molecule has 1 amide bonds. The predicted molar refractivity (Wildman–Crippen MR) is 109 cm³/mol. The molecule has 2 saturated heterocycles. The second kappa shape index (κ2) is 8.46. The van der Waals surface area contributed by atoms with Gasteiger partial charge >= 0.3 is 0 Å². The molecular weight excluding hydrogens is 390 g/mol. The molecule has 4 rings (SSSR count). The van der Waals surface area contributed by atoms with Gasteiger partial charge in [0.05, 0.1) is 4.90 Å². The van der Waals surface area contributed by atoms with E-state index in [0.717, 1.165) is 38.8 Å². The summed E-state index contributed by atoms with van der Waals surface area (Å²) in [6.07, 6.45) is 6.78. The Hall–Kier alpha value is -2.52. The van der Waals surface area contributed by atoms with Crippen LogP contribution in [0.5, 0.6) is 0 Å². The molecule has 0 unspecified atom stereocenters. The van der Waals surface area contributed by atoms with Gasteiger partial charge in [0, 0.05) is 50.2 Å². The van der Waals surface area contributed by atoms with Crippen LogP contribution >= 0.6 is 0 Å². The Morgan fingerprint density at radius 1 is 1.00 bits per heavy atom. The zero-order chi connectivity index (χ0) is 20.3. The molecule has 2 fully saturated rings. The van der Waals surface area contributed by atoms with Crippen LogP contribution in [0.1, 0.15) is 36.0 Å². The molecule has 2 aliphatic rings. The van der Waals surface area contributed by atoms with Crippen molar-refractivity contribution in [3.63, 3.8) is 0 Å². The van der Waals surface area contributed by atoms with Crippen LogP contribution < -0.4 is 10.2 Å². The van der Waals surface area contributed by atoms with E-state index in [1.54, 1.807) is 36.7 Å². The molecule has 1 N–H and O–H groups in total. The number of nitrogens with zero attached hydrogens (tertiary/aromatic N) is 4. The summed E-state index contributed by atoms with van der Waals surface area (Å²) in [5.74, 6) is 0.468. The number of anilines is 1. The van der Waals surface area contributed by atoms with Crippen LogP contribution in [0, 0.1) is 0 Å². The number of benzene rings is 1. The van der Waals surface area contributed by atoms with Gasteiger partial charge in [-0.1, -0.05) is 6.07 Å². The lowest BCUT2D eigenvalue weighted by Crippen LogP contribution is -2.45. The van der Waals surface area contributed by atoms with E-state index >= 15 is 0 Å². The molecule has 9 heteroatoms. The maximum Gasteiger partial charge on any atom is 0.251 e. The molecule has 0 saturated carbocycles. The van der Waals surface area contributed by atoms with E-state index in [0.29, 0.717) is 24.6 Å². The van der Waals surface area contributed by atoms with Crippen molar-refractivity contribution < 1.29 is 13.2 Å². The molecule has 1 aromatic heterocycles. The fourth-order valence-electron chi connectivity index (χ4n) is 3.82. The first-order valence-corrected chi connectivity index (χ1v) is 11.4. The lowest BCUT2D eigenvalue weighted by molar-refractivity contribution is 0.0931. The van der Waals surface area contributed by atoms with Gasteiger partial charge in [0.15, 0.2) is 0 Å². The fraction of sp³-hybridized carbons (Fsp3) is 0.450. The summed E-state index contributed by atoms with van der Waals surface area (Å²) in [6, 6.07) is 8.16. The number of piperidine rings is 1. The smallest absolute Gasteiger partial charge is 0.251 e. The molecule has 0 spiro atoms. The predicted octanol–water partition coefficient (Wildman–Crippen LogP) is 1.66. The molecule has 0 radical (unpaired) electrons. The summed E-state index contributed by atoms with van der Waals surface area (Å²) in [7, 11) is -3.53. The summed E-state index contributed by atoms with van der Waals surface area (Å²) in [5.41, 5.74) is 0.374. The van der Waals surface area contributed by atoms with E-state index in [9.17, 15) is 13.2 Å². The van der Waals surface area contributed by atoms with Gasteiger partial charge in [-0.15, -0.1) is 0 Å². The maximum absolute atomic E-state index is 12.7. The van der Waals surface area contributed by atoms with Crippen molar-refractivity contribution in [3.05, 3.63) is 48.3 Å². The van der Waals surface area contributed by atoms with Crippen molar-refractivity contribution >= 4 is 21.9 Å². The van der Waals surface area contributed by atoms with E-state index in [4.69, 9.17) is 0 Å². The number of carbonyl (C=O) groups is 1. The standard InChI is InChI=1S/C20H25N5O3S/c26-19(23-17-7-13-24(14-8-17)20-21-9-4-10-22-20)16-5-3-6-18(15-16)29(27,28)25-11-1-2-12-25/h3-6,9-10,15,17H,1-2,7-8,11-14H2,(H,23,26). The SMILES string of the molecule is O=C(NC1CCN(c2ncccn2)CC1)c1cccc(S(=O)(=O)N2CCCC2)c1. The third kappa shape index (κ3) is 4.40. The summed E-state index contributed by atoms with van der Waals surface area (Å²) in [6.45, 7) is 2.61. The molecule has 1 aromatic carbocycles. The Morgan fingerprint density at radius 2 is 1.69 bits per heavy atom. The second-order valence-electron chi connectivity index (χ2n) is 7.42. The molecule has 154 valence electrons. The lowest BCUT2D eigenvalue weighted by atomic mass is 10.0. The number of carbonyl (C=O) groups excluding carboxylic acids is 1. The van der Waals surface area contributed by atoms with Gasteiger partial charge in [-0.3, -0.25) is 4.79 Å². The number of hydrogen-bond donors (Lipinski definition) is 1. The second-order valence-corrected chi connectivity index (χ2v) is 9.36. The zero-order valence-electron chi connectivity index (χ0n) is 16.2. The highest BCUT2D eigenvalue weighted by Gasteiger charge is 2.28. The lowest BCUT2D eigenvalue weighted by Gasteiger charge is -2.32. The Kier molecular flexibility index (Phi) is 5.77. The first-order valence-electron chi connectivity index (χ1n) is 9.97. The van der Waals surface area contributed by atoms with Gasteiger partial charge in [0.1, 0.15) is 0 Å². The van der Waals surface area contributed by atoms with Gasteiger partial charge in [-0.05, 0) is 49.9 Å². The molecule has 0 aliphatic carbocycles. The molecule has 0 atom stereocenters. The minimum absolute atomic E-state index is 0.0429. The summed E-state index contributed by atoms with van der Waals surface area (Å²) < 4.78 is 27.0. The van der Waals surface area contributed by atoms with Crippen molar-refractivity contribution in [2.24, 2.45) is 0 Å². The Bertz CT molecular complexity index is 953. The average molecular weight is 416 g/mol. The third-order valence-electron chi connectivity index (χ3n) is 5.46. The van der Waals surface area contributed by atoms with Crippen LogP contribution in [0.4, 0.5) is 5.95 Å². The van der Waals surface area contributed by atoms with Gasteiger partial charge in [-0.25, -0.2) is 18.4 Å². The van der Waals surface area contributed by atoms with Crippen molar-refractivity contribution in [1.29, 1.82) is 0 Å². The van der Waals surface area contributed by atoms with Crippen LogP contribution in [0.3, 0.4) is 0 Å². The van der Waals surface area contributed by atoms with Gasteiger partial charge in [0.2, 0.25) is 16.0 Å². The minimum Gasteiger partial charge on any atom is -0.349 e. The number of nitrogens with one attached hydrogen (secondary N) is 1. The quantitative estimate of drug-likeness (QED) is 0.798. The first kappa shape index (κ1) is 19.8. The van der Waals surface area contributed by atoms with E-state index < -0.39 is 10.0 Å². The van der Waals surface area contributed by atoms with E-state index in [-0.39, 0.29) is 16.8 Å². The first-order chi connectivity index (χ1) is 14.0. The van der Waals surface area contributed by atoms with E-state index in [1.807, 2.05) is 0 Å². The van der Waals surface area contributed by atoms with Crippen molar-refractivity contribution in [3.8, 4) is 0 Å². The molecule has 2 aromatic rings. The molecular formula is C20H25N5O3S. The highest BCUT2D eigenvalue weighted by Crippen LogP contribution is 2.22. The normalized spacial score (nSPS) is 18.7. The van der Waals surface area contributed by atoms with Gasteiger partial charge in [-0.2, -0.15) is 4.31 Å². The molecule has 3 heterocycles. The number of aromatic nitrogens is 2. The number of amides is 1. The Balaban J connectivity index is 1.38. The minimum atomic E-state index is -3.53. The highest BCUT2D eigenvalue weighted by atomic mass is 32.2. The van der Waals surface area contributed by atoms with Crippen molar-refractivity contribution in [2.75, 3.05) is 31.1 Å². The Morgan fingerprint density at radius 3 is 2.38 bits per heavy atom. The summed E-state index contributed by atoms with van der Waals surface area (Å²) >= 11 is 0. The van der Waals surface area contributed by atoms with Crippen LogP contribution in [-0.2, 0) is 10.0 Å². The fourth-order valence-corrected chi connectivity index (χ4v) is 5.39. The van der Waals surface area contributed by atoms with Gasteiger partial charge < -0.3 is 10.2 Å².